The second-order valence-electron chi connectivity index (χ2n) is 12.1. The summed E-state index contributed by atoms with van der Waals surface area (Å²) in [7, 11) is 0. The molecule has 1 aromatic heterocycles. The number of carbonyl (C=O) groups excluding carboxylic acids is 3. The highest BCUT2D eigenvalue weighted by Crippen LogP contribution is 2.31. The molecule has 8 heteroatoms. The fraction of sp³-hybridized carbons (Fsp3) is 0.636. The second kappa shape index (κ2) is 15.2. The molecule has 1 saturated carbocycles. The lowest BCUT2D eigenvalue weighted by Crippen LogP contribution is -2.44. The van der Waals surface area contributed by atoms with Crippen molar-refractivity contribution in [1.82, 2.24) is 15.2 Å². The molecule has 1 aliphatic heterocycles. The Labute approximate surface area is 249 Å². The molecule has 224 valence electrons. The van der Waals surface area contributed by atoms with Crippen LogP contribution < -0.4 is 5.32 Å². The van der Waals surface area contributed by atoms with E-state index in [4.69, 9.17) is 9.72 Å². The number of nitrogens with one attached hydrogen (secondary N) is 1. The zero-order valence-electron chi connectivity index (χ0n) is 25.1. The van der Waals surface area contributed by atoms with E-state index in [0.29, 0.717) is 62.9 Å². The Morgan fingerprint density at radius 2 is 1.90 bits per heavy atom. The average Bonchev–Trinajstić information content (AvgIpc) is 3.64. The van der Waals surface area contributed by atoms with Crippen molar-refractivity contribution in [2.75, 3.05) is 32.8 Å². The number of fused-ring (bicyclic) bond motifs is 1. The summed E-state index contributed by atoms with van der Waals surface area (Å²) in [5, 5.41) is 4.21. The molecule has 1 aromatic carbocycles. The van der Waals surface area contributed by atoms with Crippen LogP contribution in [0.2, 0.25) is 0 Å². The first-order valence-electron chi connectivity index (χ1n) is 15.5. The summed E-state index contributed by atoms with van der Waals surface area (Å²) < 4.78 is 6.53. The number of ether oxygens (including phenoxy) is 1. The normalized spacial score (nSPS) is 18.0. The van der Waals surface area contributed by atoms with Crippen LogP contribution in [0, 0.1) is 11.8 Å². The fourth-order valence-electron chi connectivity index (χ4n) is 5.99. The summed E-state index contributed by atoms with van der Waals surface area (Å²) in [4.78, 5) is 46.3. The predicted molar refractivity (Wildman–Crippen MR) is 165 cm³/mol. The van der Waals surface area contributed by atoms with E-state index in [9.17, 15) is 14.4 Å². The molecule has 1 amide bonds. The Morgan fingerprint density at radius 1 is 1.17 bits per heavy atom. The fourth-order valence-corrected chi connectivity index (χ4v) is 7.09. The number of carbonyl (C=O) groups is 3. The molecule has 2 fully saturated rings. The number of ketones is 2. The van der Waals surface area contributed by atoms with Gasteiger partial charge in [-0.3, -0.25) is 19.3 Å². The van der Waals surface area contributed by atoms with Gasteiger partial charge in [0.05, 0.1) is 34.4 Å². The van der Waals surface area contributed by atoms with Crippen LogP contribution in [-0.4, -0.2) is 66.2 Å². The smallest absolute Gasteiger partial charge is 0.224 e. The van der Waals surface area contributed by atoms with Crippen molar-refractivity contribution in [2.24, 2.45) is 11.8 Å². The summed E-state index contributed by atoms with van der Waals surface area (Å²) in [5.41, 5.74) is 2.84. The lowest BCUT2D eigenvalue weighted by molar-refractivity contribution is -0.130. The van der Waals surface area contributed by atoms with Crippen LogP contribution in [-0.2, 0) is 25.5 Å². The minimum absolute atomic E-state index is 0.0710. The highest BCUT2D eigenvalue weighted by Gasteiger charge is 2.31. The Bertz CT molecular complexity index is 1210. The van der Waals surface area contributed by atoms with E-state index >= 15 is 0 Å². The van der Waals surface area contributed by atoms with Gasteiger partial charge in [0.2, 0.25) is 5.91 Å². The van der Waals surface area contributed by atoms with Gasteiger partial charge in [0.15, 0.2) is 5.78 Å². The number of nitrogens with zero attached hydrogens (tertiary/aromatic N) is 2. The molecule has 2 heterocycles. The molecule has 1 saturated heterocycles. The van der Waals surface area contributed by atoms with Gasteiger partial charge in [-0.25, -0.2) is 4.98 Å². The third-order valence-electron chi connectivity index (χ3n) is 8.68. The van der Waals surface area contributed by atoms with Crippen LogP contribution in [0.15, 0.2) is 30.4 Å². The van der Waals surface area contributed by atoms with Crippen LogP contribution in [0.5, 0.6) is 0 Å². The first-order valence-corrected chi connectivity index (χ1v) is 16.3. The lowest BCUT2D eigenvalue weighted by atomic mass is 9.90. The van der Waals surface area contributed by atoms with E-state index in [1.165, 1.54) is 5.56 Å². The second-order valence-corrected chi connectivity index (χ2v) is 13.2. The van der Waals surface area contributed by atoms with Crippen molar-refractivity contribution in [3.63, 3.8) is 0 Å². The molecule has 7 nitrogen and oxygen atoms in total. The van der Waals surface area contributed by atoms with Gasteiger partial charge in [-0.2, -0.15) is 0 Å². The number of aromatic nitrogens is 1. The first-order chi connectivity index (χ1) is 19.7. The maximum absolute atomic E-state index is 13.8. The molecule has 0 unspecified atom stereocenters. The number of benzene rings is 1. The van der Waals surface area contributed by atoms with E-state index in [1.54, 1.807) is 11.3 Å². The van der Waals surface area contributed by atoms with Crippen molar-refractivity contribution in [2.45, 2.75) is 90.5 Å². The number of hydrogen-bond donors (Lipinski definition) is 1. The Morgan fingerprint density at radius 3 is 2.59 bits per heavy atom. The summed E-state index contributed by atoms with van der Waals surface area (Å²) in [6.07, 6.45) is 6.46. The molecule has 2 atom stereocenters. The van der Waals surface area contributed by atoms with Crippen LogP contribution in [0.25, 0.3) is 10.2 Å². The summed E-state index contributed by atoms with van der Waals surface area (Å²) in [6, 6.07) is 6.28. The molecular weight excluding hydrogens is 534 g/mol. The number of rotatable bonds is 15. The molecule has 0 bridgehead atoms. The molecule has 2 aliphatic rings. The summed E-state index contributed by atoms with van der Waals surface area (Å²) in [6.45, 7) is 13.9. The molecule has 4 rings (SSSR count). The van der Waals surface area contributed by atoms with Crippen molar-refractivity contribution >= 4 is 39.0 Å². The van der Waals surface area contributed by atoms with Gasteiger partial charge in [0.25, 0.3) is 0 Å². The minimum Gasteiger partial charge on any atom is -0.379 e. The molecule has 0 spiro atoms. The average molecular weight is 582 g/mol. The predicted octanol–water partition coefficient (Wildman–Crippen LogP) is 5.86. The standard InChI is InChI=1S/C33H47N3O4S/c1-5-27(37)18-26(20-32-34-29-11-10-25(22(2)3)19-31(29)41-32)33(39)35-28(24-8-6-7-9-24)12-13-30(38)23(4)21-36-14-16-40-17-15-36/h10-11,19,22,24,26,28H,4-9,12-18,20-21H2,1-3H3,(H,35,39)/t26-,28+/m0/s1. The van der Waals surface area contributed by atoms with Gasteiger partial charge in [0.1, 0.15) is 5.78 Å². The van der Waals surface area contributed by atoms with Crippen LogP contribution in [0.4, 0.5) is 0 Å². The lowest BCUT2D eigenvalue weighted by Gasteiger charge is -2.28. The van der Waals surface area contributed by atoms with Gasteiger partial charge >= 0.3 is 0 Å². The van der Waals surface area contributed by atoms with E-state index < -0.39 is 5.92 Å². The van der Waals surface area contributed by atoms with Crippen molar-refractivity contribution in [3.05, 3.63) is 40.9 Å². The van der Waals surface area contributed by atoms with Gasteiger partial charge in [-0.1, -0.05) is 46.3 Å². The van der Waals surface area contributed by atoms with E-state index in [-0.39, 0.29) is 29.9 Å². The van der Waals surface area contributed by atoms with Crippen LogP contribution in [0.1, 0.15) is 88.6 Å². The zero-order chi connectivity index (χ0) is 29.4. The third kappa shape index (κ3) is 9.03. The number of thiazole rings is 1. The SMILES string of the molecule is C=C(CN1CCOCC1)C(=O)CC[C@@H](NC(=O)[C@@H](CC(=O)CC)Cc1nc2ccc(C(C)C)cc2s1)C1CCCC1. The van der Waals surface area contributed by atoms with Crippen LogP contribution >= 0.6 is 11.3 Å². The number of Topliss-reactive ketones (excluding diaryl/α,β-unsaturated/α-hetero) is 2. The highest BCUT2D eigenvalue weighted by atomic mass is 32.1. The first kappa shape index (κ1) is 31.5. The zero-order valence-corrected chi connectivity index (χ0v) is 25.9. The number of hydrogen-bond acceptors (Lipinski definition) is 7. The Hall–Kier alpha value is -2.42. The maximum atomic E-state index is 13.8. The van der Waals surface area contributed by atoms with Crippen molar-refractivity contribution < 1.29 is 19.1 Å². The Kier molecular flexibility index (Phi) is 11.7. The number of morpholine rings is 1. The van der Waals surface area contributed by atoms with E-state index in [2.05, 4.69) is 48.8 Å². The van der Waals surface area contributed by atoms with Crippen molar-refractivity contribution in [3.8, 4) is 0 Å². The molecule has 1 N–H and O–H groups in total. The monoisotopic (exact) mass is 581 g/mol. The number of amides is 1. The minimum atomic E-state index is -0.469. The third-order valence-corrected chi connectivity index (χ3v) is 9.72. The molecule has 41 heavy (non-hydrogen) atoms. The van der Waals surface area contributed by atoms with Gasteiger partial charge in [0, 0.05) is 56.9 Å². The quantitative estimate of drug-likeness (QED) is 0.265. The largest absolute Gasteiger partial charge is 0.379 e. The summed E-state index contributed by atoms with van der Waals surface area (Å²) in [5.74, 6) is 0.385. The molecule has 1 aliphatic carbocycles. The molecule has 0 radical (unpaired) electrons. The van der Waals surface area contributed by atoms with Crippen molar-refractivity contribution in [1.29, 1.82) is 0 Å². The van der Waals surface area contributed by atoms with E-state index in [1.807, 2.05) is 6.92 Å². The highest BCUT2D eigenvalue weighted by molar-refractivity contribution is 7.18. The molecule has 2 aromatic rings. The topological polar surface area (TPSA) is 88.6 Å². The summed E-state index contributed by atoms with van der Waals surface area (Å²) >= 11 is 1.62. The van der Waals surface area contributed by atoms with Gasteiger partial charge in [-0.15, -0.1) is 11.3 Å². The van der Waals surface area contributed by atoms with Gasteiger partial charge in [-0.05, 0) is 48.8 Å². The van der Waals surface area contributed by atoms with Gasteiger partial charge < -0.3 is 10.1 Å². The maximum Gasteiger partial charge on any atom is 0.224 e. The Balaban J connectivity index is 1.42. The van der Waals surface area contributed by atoms with Crippen LogP contribution in [0.3, 0.4) is 0 Å². The van der Waals surface area contributed by atoms with E-state index in [0.717, 1.165) is 54.0 Å². The molecular formula is C33H47N3O4S.